The van der Waals surface area contributed by atoms with Gasteiger partial charge < -0.3 is 10.1 Å². The number of anilines is 1. The van der Waals surface area contributed by atoms with Crippen molar-refractivity contribution in [2.24, 2.45) is 0 Å². The van der Waals surface area contributed by atoms with Gasteiger partial charge in [0.1, 0.15) is 0 Å². The zero-order valence-corrected chi connectivity index (χ0v) is 11.7. The Hall–Kier alpha value is -1.14. The Bertz CT molecular complexity index is 489. The molecule has 90 valence electrons. The third kappa shape index (κ3) is 3.41. The first-order chi connectivity index (χ1) is 8.29. The van der Waals surface area contributed by atoms with Crippen LogP contribution in [0, 0.1) is 0 Å². The second-order valence-corrected chi connectivity index (χ2v) is 5.05. The highest BCUT2D eigenvalue weighted by atomic mass is 79.9. The number of nitrogens with one attached hydrogen (secondary N) is 1. The molecule has 2 aromatic rings. The second-order valence-electron chi connectivity index (χ2n) is 3.20. The number of ether oxygens (including phenoxy) is 1. The minimum absolute atomic E-state index is 0.580. The third-order valence-electron chi connectivity index (χ3n) is 2.02. The fourth-order valence-electron chi connectivity index (χ4n) is 1.27. The monoisotopic (exact) mass is 313 g/mol. The van der Waals surface area contributed by atoms with Crippen LogP contribution >= 0.6 is 27.3 Å². The van der Waals surface area contributed by atoms with Crippen LogP contribution in [0.1, 0.15) is 11.8 Å². The molecule has 0 atom stereocenters. The van der Waals surface area contributed by atoms with Gasteiger partial charge in [-0.25, -0.2) is 4.98 Å². The summed E-state index contributed by atoms with van der Waals surface area (Å²) in [6.45, 7) is 3.23. The zero-order chi connectivity index (χ0) is 12.1. The van der Waals surface area contributed by atoms with Gasteiger partial charge in [-0.15, -0.1) is 11.3 Å². The second kappa shape index (κ2) is 5.97. The third-order valence-corrected chi connectivity index (χ3v) is 3.95. The molecule has 4 nitrogen and oxygen atoms in total. The van der Waals surface area contributed by atoms with Gasteiger partial charge in [-0.1, -0.05) is 0 Å². The van der Waals surface area contributed by atoms with Gasteiger partial charge in [0.2, 0.25) is 11.8 Å². The van der Waals surface area contributed by atoms with E-state index >= 15 is 0 Å². The van der Waals surface area contributed by atoms with Crippen molar-refractivity contribution in [1.29, 1.82) is 0 Å². The van der Waals surface area contributed by atoms with E-state index in [1.165, 1.54) is 4.88 Å². The largest absolute Gasteiger partial charge is 0.478 e. The van der Waals surface area contributed by atoms with Gasteiger partial charge in [0, 0.05) is 21.6 Å². The van der Waals surface area contributed by atoms with Gasteiger partial charge >= 0.3 is 0 Å². The van der Waals surface area contributed by atoms with Crippen LogP contribution in [0.25, 0.3) is 0 Å². The Morgan fingerprint density at radius 2 is 2.35 bits per heavy atom. The highest BCUT2D eigenvalue weighted by molar-refractivity contribution is 9.10. The van der Waals surface area contributed by atoms with Crippen molar-refractivity contribution >= 4 is 33.2 Å². The number of rotatable bonds is 5. The van der Waals surface area contributed by atoms with Gasteiger partial charge in [0.05, 0.1) is 13.2 Å². The fourth-order valence-corrected chi connectivity index (χ4v) is 2.70. The first-order valence-electron chi connectivity index (χ1n) is 5.21. The summed E-state index contributed by atoms with van der Waals surface area (Å²) in [6, 6.07) is 3.77. The van der Waals surface area contributed by atoms with Crippen LogP contribution in [0.15, 0.2) is 28.2 Å². The molecule has 0 saturated carbocycles. The van der Waals surface area contributed by atoms with E-state index in [0.717, 1.165) is 4.47 Å². The van der Waals surface area contributed by atoms with E-state index < -0.39 is 0 Å². The quantitative estimate of drug-likeness (QED) is 0.920. The van der Waals surface area contributed by atoms with Crippen molar-refractivity contribution in [3.63, 3.8) is 0 Å². The number of halogens is 1. The Morgan fingerprint density at radius 1 is 1.47 bits per heavy atom. The van der Waals surface area contributed by atoms with Crippen molar-refractivity contribution in [1.82, 2.24) is 9.97 Å². The van der Waals surface area contributed by atoms with Crippen molar-refractivity contribution in [2.45, 2.75) is 13.5 Å². The molecule has 0 spiro atoms. The van der Waals surface area contributed by atoms with Gasteiger partial charge in [-0.05, 0) is 34.3 Å². The summed E-state index contributed by atoms with van der Waals surface area (Å²) in [5.41, 5.74) is 0. The van der Waals surface area contributed by atoms with E-state index in [1.54, 1.807) is 23.6 Å². The van der Waals surface area contributed by atoms with E-state index in [4.69, 9.17) is 4.74 Å². The van der Waals surface area contributed by atoms with E-state index in [9.17, 15) is 0 Å². The molecule has 6 heteroatoms. The number of hydrogen-bond acceptors (Lipinski definition) is 5. The molecule has 2 rings (SSSR count). The highest BCUT2D eigenvalue weighted by Gasteiger charge is 2.03. The molecule has 2 aromatic heterocycles. The van der Waals surface area contributed by atoms with Gasteiger partial charge in [-0.3, -0.25) is 0 Å². The standard InChI is InChI=1S/C11H12BrN3OS/c1-2-16-10-3-5-13-11(15-10)14-7-9-8(12)4-6-17-9/h3-6H,2,7H2,1H3,(H,13,14,15). The van der Waals surface area contributed by atoms with Crippen molar-refractivity contribution in [3.05, 3.63) is 33.1 Å². The predicted molar refractivity (Wildman–Crippen MR) is 72.5 cm³/mol. The first kappa shape index (κ1) is 12.3. The van der Waals surface area contributed by atoms with Crippen LogP contribution in [0.2, 0.25) is 0 Å². The van der Waals surface area contributed by atoms with E-state index in [2.05, 4.69) is 31.2 Å². The predicted octanol–water partition coefficient (Wildman–Crippen LogP) is 3.31. The van der Waals surface area contributed by atoms with Crippen molar-refractivity contribution < 1.29 is 4.74 Å². The zero-order valence-electron chi connectivity index (χ0n) is 9.31. The molecule has 0 aliphatic rings. The molecule has 1 N–H and O–H groups in total. The summed E-state index contributed by atoms with van der Waals surface area (Å²) in [4.78, 5) is 9.59. The smallest absolute Gasteiger partial charge is 0.226 e. The first-order valence-corrected chi connectivity index (χ1v) is 6.88. The topological polar surface area (TPSA) is 47.0 Å². The normalized spacial score (nSPS) is 10.2. The summed E-state index contributed by atoms with van der Waals surface area (Å²) in [5.74, 6) is 1.17. The van der Waals surface area contributed by atoms with Gasteiger partial charge in [0.25, 0.3) is 0 Å². The summed E-state index contributed by atoms with van der Waals surface area (Å²) in [7, 11) is 0. The molecule has 0 aliphatic carbocycles. The van der Waals surface area contributed by atoms with Crippen LogP contribution < -0.4 is 10.1 Å². The minimum atomic E-state index is 0.580. The molecule has 0 radical (unpaired) electrons. The molecular weight excluding hydrogens is 302 g/mol. The van der Waals surface area contributed by atoms with Crippen LogP contribution in [0.4, 0.5) is 5.95 Å². The molecule has 17 heavy (non-hydrogen) atoms. The Kier molecular flexibility index (Phi) is 4.33. The summed E-state index contributed by atoms with van der Waals surface area (Å²) in [6.07, 6.45) is 1.68. The maximum atomic E-state index is 5.31. The lowest BCUT2D eigenvalue weighted by Crippen LogP contribution is -2.04. The number of hydrogen-bond donors (Lipinski definition) is 1. The highest BCUT2D eigenvalue weighted by Crippen LogP contribution is 2.23. The molecular formula is C11H12BrN3OS. The van der Waals surface area contributed by atoms with Gasteiger partial charge in [0.15, 0.2) is 0 Å². The van der Waals surface area contributed by atoms with E-state index in [1.807, 2.05) is 18.4 Å². The summed E-state index contributed by atoms with van der Waals surface area (Å²) < 4.78 is 6.42. The van der Waals surface area contributed by atoms with E-state index in [-0.39, 0.29) is 0 Å². The van der Waals surface area contributed by atoms with E-state index in [0.29, 0.717) is 25.0 Å². The van der Waals surface area contributed by atoms with Crippen LogP contribution in [-0.4, -0.2) is 16.6 Å². The fraction of sp³-hybridized carbons (Fsp3) is 0.273. The lowest BCUT2D eigenvalue weighted by atomic mass is 10.4. The van der Waals surface area contributed by atoms with Crippen LogP contribution in [-0.2, 0) is 6.54 Å². The number of aromatic nitrogens is 2. The van der Waals surface area contributed by atoms with Gasteiger partial charge in [-0.2, -0.15) is 4.98 Å². The maximum absolute atomic E-state index is 5.31. The van der Waals surface area contributed by atoms with Crippen LogP contribution in [0.5, 0.6) is 5.88 Å². The average Bonchev–Trinajstić information content (AvgIpc) is 2.73. The number of nitrogens with zero attached hydrogens (tertiary/aromatic N) is 2. The Balaban J connectivity index is 1.99. The molecule has 0 aromatic carbocycles. The molecule has 0 fully saturated rings. The Morgan fingerprint density at radius 3 is 3.06 bits per heavy atom. The summed E-state index contributed by atoms with van der Waals surface area (Å²) >= 11 is 5.17. The minimum Gasteiger partial charge on any atom is -0.478 e. The molecule has 0 aliphatic heterocycles. The average molecular weight is 314 g/mol. The molecule has 0 unspecified atom stereocenters. The molecule has 0 saturated heterocycles. The van der Waals surface area contributed by atoms with Crippen molar-refractivity contribution in [3.8, 4) is 5.88 Å². The maximum Gasteiger partial charge on any atom is 0.226 e. The molecule has 0 bridgehead atoms. The Labute approximate surface area is 112 Å². The molecule has 2 heterocycles. The lowest BCUT2D eigenvalue weighted by Gasteiger charge is -2.05. The number of thiophene rings is 1. The van der Waals surface area contributed by atoms with Crippen LogP contribution in [0.3, 0.4) is 0 Å². The SMILES string of the molecule is CCOc1ccnc(NCc2sccc2Br)n1. The van der Waals surface area contributed by atoms with Crippen molar-refractivity contribution in [2.75, 3.05) is 11.9 Å². The lowest BCUT2D eigenvalue weighted by molar-refractivity contribution is 0.326. The summed E-state index contributed by atoms with van der Waals surface area (Å²) in [5, 5.41) is 5.21. The molecule has 0 amide bonds.